The van der Waals surface area contributed by atoms with Gasteiger partial charge in [-0.25, -0.2) is 4.79 Å². The highest BCUT2D eigenvalue weighted by molar-refractivity contribution is 5.91. The lowest BCUT2D eigenvalue weighted by molar-refractivity contribution is 0.0693. The molecule has 4 nitrogen and oxygen atoms in total. The molecule has 4 heteroatoms. The Kier molecular flexibility index (Phi) is 6.18. The van der Waals surface area contributed by atoms with Crippen molar-refractivity contribution in [3.8, 4) is 5.75 Å². The first-order valence-electron chi connectivity index (χ1n) is 7.73. The highest BCUT2D eigenvalue weighted by Gasteiger charge is 2.12. The summed E-state index contributed by atoms with van der Waals surface area (Å²) >= 11 is 0. The van der Waals surface area contributed by atoms with Gasteiger partial charge in [0.05, 0.1) is 7.11 Å². The highest BCUT2D eigenvalue weighted by atomic mass is 16.5. The van der Waals surface area contributed by atoms with Crippen molar-refractivity contribution in [2.24, 2.45) is 0 Å². The normalized spacial score (nSPS) is 10.5. The van der Waals surface area contributed by atoms with Gasteiger partial charge in [0.2, 0.25) is 0 Å². The van der Waals surface area contributed by atoms with Crippen LogP contribution in [0.4, 0.5) is 0 Å². The van der Waals surface area contributed by atoms with E-state index in [0.717, 1.165) is 31.2 Å². The van der Waals surface area contributed by atoms with Crippen molar-refractivity contribution in [1.82, 2.24) is 0 Å². The van der Waals surface area contributed by atoms with Gasteiger partial charge in [0.1, 0.15) is 11.3 Å². The summed E-state index contributed by atoms with van der Waals surface area (Å²) in [6.07, 6.45) is 3.21. The molecule has 2 aromatic carbocycles. The smallest absolute Gasteiger partial charge is 0.339 e. The second-order valence-electron chi connectivity index (χ2n) is 5.44. The Balaban J connectivity index is 2.12. The summed E-state index contributed by atoms with van der Waals surface area (Å²) in [5.74, 6) is -0.600. The molecule has 0 aliphatic carbocycles. The minimum Gasteiger partial charge on any atom is -0.496 e. The number of carbonyl (C=O) groups is 1. The van der Waals surface area contributed by atoms with Crippen molar-refractivity contribution >= 4 is 5.97 Å². The Labute approximate surface area is 136 Å². The van der Waals surface area contributed by atoms with Crippen molar-refractivity contribution in [3.63, 3.8) is 0 Å². The Morgan fingerprint density at radius 2 is 1.74 bits per heavy atom. The summed E-state index contributed by atoms with van der Waals surface area (Å²) in [5, 5.41) is 18.2. The van der Waals surface area contributed by atoms with Gasteiger partial charge >= 0.3 is 5.97 Å². The van der Waals surface area contributed by atoms with Gasteiger partial charge in [-0.3, -0.25) is 0 Å². The summed E-state index contributed by atoms with van der Waals surface area (Å²) in [6.45, 7) is 0.189. The minimum absolute atomic E-state index is 0.189. The topological polar surface area (TPSA) is 66.8 Å². The Morgan fingerprint density at radius 3 is 2.35 bits per heavy atom. The number of carboxylic acid groups (broad SMARTS) is 1. The number of ether oxygens (including phenoxy) is 1. The highest BCUT2D eigenvalue weighted by Crippen LogP contribution is 2.21. The van der Waals surface area contributed by atoms with Gasteiger partial charge in [-0.1, -0.05) is 30.3 Å². The van der Waals surface area contributed by atoms with Crippen LogP contribution in [0, 0.1) is 0 Å². The van der Waals surface area contributed by atoms with Crippen molar-refractivity contribution < 1.29 is 19.7 Å². The molecular formula is C19H22O4. The maximum atomic E-state index is 11.3. The molecule has 0 aromatic heterocycles. The molecule has 2 aromatic rings. The zero-order valence-corrected chi connectivity index (χ0v) is 13.3. The second-order valence-corrected chi connectivity index (χ2v) is 5.44. The largest absolute Gasteiger partial charge is 0.496 e. The number of carboxylic acids is 1. The van der Waals surface area contributed by atoms with E-state index in [1.807, 2.05) is 18.2 Å². The van der Waals surface area contributed by atoms with Gasteiger partial charge in [-0.05, 0) is 54.5 Å². The first kappa shape index (κ1) is 17.0. The molecule has 0 radical (unpaired) electrons. The van der Waals surface area contributed by atoms with Crippen molar-refractivity contribution in [2.75, 3.05) is 13.7 Å². The standard InChI is InChI=1S/C19H22O4/c1-23-18-11-9-14(13-17(18)19(21)22)8-10-16-6-3-2-5-15(16)7-4-12-20/h2-3,5-6,9,11,13,20H,4,7-8,10,12H2,1H3,(H,21,22). The first-order valence-corrected chi connectivity index (χ1v) is 7.73. The van der Waals surface area contributed by atoms with E-state index in [2.05, 4.69) is 12.1 Å². The van der Waals surface area contributed by atoms with Crippen LogP contribution in [0.1, 0.15) is 33.5 Å². The average Bonchev–Trinajstić information content (AvgIpc) is 2.58. The summed E-state index contributed by atoms with van der Waals surface area (Å²) < 4.78 is 5.08. The molecule has 0 atom stereocenters. The number of benzene rings is 2. The van der Waals surface area contributed by atoms with Crippen LogP contribution in [-0.2, 0) is 19.3 Å². The summed E-state index contributed by atoms with van der Waals surface area (Å²) in [4.78, 5) is 11.3. The monoisotopic (exact) mass is 314 g/mol. The fourth-order valence-corrected chi connectivity index (χ4v) is 2.67. The predicted molar refractivity (Wildman–Crippen MR) is 89.2 cm³/mol. The van der Waals surface area contributed by atoms with Crippen LogP contribution >= 0.6 is 0 Å². The van der Waals surface area contributed by atoms with E-state index in [4.69, 9.17) is 9.84 Å². The molecule has 0 saturated heterocycles. The van der Waals surface area contributed by atoms with Gasteiger partial charge in [0.15, 0.2) is 0 Å². The third kappa shape index (κ3) is 4.57. The van der Waals surface area contributed by atoms with Gasteiger partial charge in [0, 0.05) is 6.61 Å². The molecule has 0 fully saturated rings. The average molecular weight is 314 g/mol. The number of aryl methyl sites for hydroxylation is 3. The maximum absolute atomic E-state index is 11.3. The number of aliphatic hydroxyl groups is 1. The molecule has 122 valence electrons. The lowest BCUT2D eigenvalue weighted by Crippen LogP contribution is -2.03. The van der Waals surface area contributed by atoms with Gasteiger partial charge in [0.25, 0.3) is 0 Å². The summed E-state index contributed by atoms with van der Waals surface area (Å²) in [7, 11) is 1.47. The van der Waals surface area contributed by atoms with E-state index in [0.29, 0.717) is 5.75 Å². The fraction of sp³-hybridized carbons (Fsp3) is 0.316. The van der Waals surface area contributed by atoms with E-state index in [1.54, 1.807) is 12.1 Å². The van der Waals surface area contributed by atoms with Crippen LogP contribution in [0.15, 0.2) is 42.5 Å². The third-order valence-electron chi connectivity index (χ3n) is 3.90. The number of aromatic carboxylic acids is 1. The van der Waals surface area contributed by atoms with Crippen molar-refractivity contribution in [3.05, 3.63) is 64.7 Å². The molecule has 23 heavy (non-hydrogen) atoms. The minimum atomic E-state index is -0.980. The van der Waals surface area contributed by atoms with Crippen LogP contribution in [0.2, 0.25) is 0 Å². The first-order chi connectivity index (χ1) is 11.2. The van der Waals surface area contributed by atoms with E-state index >= 15 is 0 Å². The molecule has 2 N–H and O–H groups in total. The number of aliphatic hydroxyl groups excluding tert-OH is 1. The summed E-state index contributed by atoms with van der Waals surface area (Å²) in [6, 6.07) is 13.5. The number of methoxy groups -OCH3 is 1. The molecule has 0 unspecified atom stereocenters. The van der Waals surface area contributed by atoms with Crippen LogP contribution < -0.4 is 4.74 Å². The van der Waals surface area contributed by atoms with E-state index in [-0.39, 0.29) is 12.2 Å². The molecular weight excluding hydrogens is 292 g/mol. The predicted octanol–water partition coefficient (Wildman–Crippen LogP) is 3.10. The van der Waals surface area contributed by atoms with E-state index < -0.39 is 5.97 Å². The molecule has 0 aliphatic rings. The van der Waals surface area contributed by atoms with Gasteiger partial charge in [-0.15, -0.1) is 0 Å². The van der Waals surface area contributed by atoms with Crippen LogP contribution in [0.3, 0.4) is 0 Å². The molecule has 0 heterocycles. The molecule has 2 rings (SSSR count). The van der Waals surface area contributed by atoms with E-state index in [1.165, 1.54) is 18.2 Å². The zero-order chi connectivity index (χ0) is 16.7. The SMILES string of the molecule is COc1ccc(CCc2ccccc2CCCO)cc1C(=O)O. The zero-order valence-electron chi connectivity index (χ0n) is 13.3. The Hall–Kier alpha value is -2.33. The summed E-state index contributed by atoms with van der Waals surface area (Å²) in [5.41, 5.74) is 3.65. The molecule has 0 amide bonds. The Morgan fingerprint density at radius 1 is 1.04 bits per heavy atom. The quantitative estimate of drug-likeness (QED) is 0.785. The number of hydrogen-bond acceptors (Lipinski definition) is 3. The second kappa shape index (κ2) is 8.34. The van der Waals surface area contributed by atoms with Crippen LogP contribution in [0.25, 0.3) is 0 Å². The van der Waals surface area contributed by atoms with Crippen molar-refractivity contribution in [2.45, 2.75) is 25.7 Å². The third-order valence-corrected chi connectivity index (χ3v) is 3.90. The Bertz CT molecular complexity index is 664. The lowest BCUT2D eigenvalue weighted by Gasteiger charge is -2.10. The van der Waals surface area contributed by atoms with Gasteiger partial charge < -0.3 is 14.9 Å². The maximum Gasteiger partial charge on any atom is 0.339 e. The molecule has 0 saturated carbocycles. The van der Waals surface area contributed by atoms with Gasteiger partial charge in [-0.2, -0.15) is 0 Å². The van der Waals surface area contributed by atoms with Crippen LogP contribution in [-0.4, -0.2) is 29.9 Å². The number of rotatable bonds is 8. The fourth-order valence-electron chi connectivity index (χ4n) is 2.67. The van der Waals surface area contributed by atoms with E-state index in [9.17, 15) is 9.90 Å². The molecule has 0 bridgehead atoms. The van der Waals surface area contributed by atoms with Crippen molar-refractivity contribution in [1.29, 1.82) is 0 Å². The number of hydrogen-bond donors (Lipinski definition) is 2. The molecule has 0 spiro atoms. The van der Waals surface area contributed by atoms with Crippen LogP contribution in [0.5, 0.6) is 5.75 Å². The lowest BCUT2D eigenvalue weighted by atomic mass is 9.96. The molecule has 0 aliphatic heterocycles.